The second-order valence-electron chi connectivity index (χ2n) is 4.39. The summed E-state index contributed by atoms with van der Waals surface area (Å²) in [7, 11) is 1.27. The summed E-state index contributed by atoms with van der Waals surface area (Å²) in [5, 5.41) is 33.5. The maximum Gasteiger partial charge on any atom is 0.416 e. The largest absolute Gasteiger partial charge is 0.416 e. The molecule has 1 unspecified atom stereocenters. The van der Waals surface area contributed by atoms with Crippen LogP contribution in [0, 0.1) is 20.2 Å². The summed E-state index contributed by atoms with van der Waals surface area (Å²) in [6, 6.07) is 0.385. The molecule has 0 bridgehead atoms. The summed E-state index contributed by atoms with van der Waals surface area (Å²) in [6.45, 7) is -0.559. The molecule has 0 aliphatic carbocycles. The average Bonchev–Trinajstić information content (AvgIpc) is 2.43. The fraction of sp³-hybridized carbons (Fsp3) is 0.455. The number of nitro groups is 2. The van der Waals surface area contributed by atoms with Crippen molar-refractivity contribution in [2.75, 3.05) is 25.6 Å². The zero-order valence-corrected chi connectivity index (χ0v) is 11.7. The first-order valence-electron chi connectivity index (χ1n) is 6.02. The molecular weight excluding hydrogens is 327 g/mol. The van der Waals surface area contributed by atoms with E-state index in [1.165, 1.54) is 7.11 Å². The van der Waals surface area contributed by atoms with Gasteiger partial charge in [-0.3, -0.25) is 20.2 Å². The molecule has 9 nitrogen and oxygen atoms in total. The van der Waals surface area contributed by atoms with E-state index >= 15 is 0 Å². The van der Waals surface area contributed by atoms with E-state index in [4.69, 9.17) is 0 Å². The number of aliphatic hydroxyl groups excluding tert-OH is 1. The summed E-state index contributed by atoms with van der Waals surface area (Å²) in [5.41, 5.74) is -4.46. The van der Waals surface area contributed by atoms with Crippen molar-refractivity contribution in [3.05, 3.63) is 37.9 Å². The number of aliphatic hydroxyl groups is 1. The lowest BCUT2D eigenvalue weighted by Gasteiger charge is -2.13. The van der Waals surface area contributed by atoms with Crippen LogP contribution in [-0.2, 0) is 10.9 Å². The molecule has 1 aromatic rings. The van der Waals surface area contributed by atoms with E-state index in [2.05, 4.69) is 10.1 Å². The van der Waals surface area contributed by atoms with E-state index in [9.17, 15) is 38.5 Å². The van der Waals surface area contributed by atoms with E-state index in [-0.39, 0.29) is 25.3 Å². The van der Waals surface area contributed by atoms with Crippen LogP contribution < -0.4 is 5.32 Å². The van der Waals surface area contributed by atoms with Gasteiger partial charge < -0.3 is 15.2 Å². The van der Waals surface area contributed by atoms with Crippen molar-refractivity contribution in [1.29, 1.82) is 0 Å². The zero-order valence-electron chi connectivity index (χ0n) is 11.7. The number of alkyl halides is 3. The molecule has 1 rings (SSSR count). The van der Waals surface area contributed by atoms with Gasteiger partial charge in [0.1, 0.15) is 0 Å². The average molecular weight is 339 g/mol. The number of anilines is 1. The number of nitrogens with zero attached hydrogens (tertiary/aromatic N) is 2. The molecule has 1 aromatic carbocycles. The highest BCUT2D eigenvalue weighted by molar-refractivity contribution is 5.75. The third-order valence-electron chi connectivity index (χ3n) is 2.69. The molecule has 128 valence electrons. The summed E-state index contributed by atoms with van der Waals surface area (Å²) < 4.78 is 42.7. The van der Waals surface area contributed by atoms with Gasteiger partial charge in [-0.2, -0.15) is 13.2 Å². The van der Waals surface area contributed by atoms with Crippen LogP contribution in [0.1, 0.15) is 5.56 Å². The standard InChI is InChI=1S/C11H12F3N3O6/c1-23-5-7(18)4-15-10-8(16(19)20)2-6(11(12,13)14)3-9(10)17(21)22/h2-3,7,15,18H,4-5H2,1H3. The summed E-state index contributed by atoms with van der Waals surface area (Å²) in [6.07, 6.45) is -6.15. The summed E-state index contributed by atoms with van der Waals surface area (Å²) in [4.78, 5) is 19.5. The molecule has 0 saturated carbocycles. The molecule has 0 saturated heterocycles. The Kier molecular flexibility index (Phi) is 5.81. The van der Waals surface area contributed by atoms with E-state index in [0.29, 0.717) is 0 Å². The van der Waals surface area contributed by atoms with Gasteiger partial charge >= 0.3 is 6.18 Å². The molecule has 0 fully saturated rings. The molecular formula is C11H12F3N3O6. The monoisotopic (exact) mass is 339 g/mol. The first-order valence-corrected chi connectivity index (χ1v) is 6.02. The van der Waals surface area contributed by atoms with E-state index < -0.39 is 44.8 Å². The molecule has 0 amide bonds. The molecule has 1 atom stereocenters. The number of methoxy groups -OCH3 is 1. The quantitative estimate of drug-likeness (QED) is 0.574. The molecule has 2 N–H and O–H groups in total. The van der Waals surface area contributed by atoms with Crippen molar-refractivity contribution in [2.24, 2.45) is 0 Å². The van der Waals surface area contributed by atoms with Crippen molar-refractivity contribution >= 4 is 17.1 Å². The lowest BCUT2D eigenvalue weighted by Crippen LogP contribution is -2.25. The first-order chi connectivity index (χ1) is 10.6. The maximum atomic E-state index is 12.7. The van der Waals surface area contributed by atoms with Crippen molar-refractivity contribution in [1.82, 2.24) is 0 Å². The Labute approximate surface area is 127 Å². The number of ether oxygens (including phenoxy) is 1. The number of nitro benzene ring substituents is 2. The first kappa shape index (κ1) is 18.6. The summed E-state index contributed by atoms with van der Waals surface area (Å²) >= 11 is 0. The zero-order chi connectivity index (χ0) is 17.8. The van der Waals surface area contributed by atoms with Gasteiger partial charge in [-0.05, 0) is 0 Å². The van der Waals surface area contributed by atoms with Crippen LogP contribution in [0.3, 0.4) is 0 Å². The fourth-order valence-electron chi connectivity index (χ4n) is 1.72. The minimum Gasteiger partial charge on any atom is -0.389 e. The predicted molar refractivity (Wildman–Crippen MR) is 71.1 cm³/mol. The van der Waals surface area contributed by atoms with Crippen molar-refractivity contribution in [3.8, 4) is 0 Å². The number of hydrogen-bond donors (Lipinski definition) is 2. The SMILES string of the molecule is COCC(O)CNc1c([N+](=O)[O-])cc(C(F)(F)F)cc1[N+](=O)[O-]. The highest BCUT2D eigenvalue weighted by atomic mass is 19.4. The van der Waals surface area contributed by atoms with Gasteiger partial charge in [0.25, 0.3) is 11.4 Å². The minimum absolute atomic E-state index is 0.171. The van der Waals surface area contributed by atoms with E-state index in [1.807, 2.05) is 0 Å². The Hall–Kier alpha value is -2.47. The lowest BCUT2D eigenvalue weighted by molar-refractivity contribution is -0.392. The van der Waals surface area contributed by atoms with Gasteiger partial charge in [0.05, 0.1) is 28.1 Å². The van der Waals surface area contributed by atoms with Crippen LogP contribution in [0.2, 0.25) is 0 Å². The predicted octanol–water partition coefficient (Wildman–Crippen LogP) is 1.94. The number of hydrogen-bond acceptors (Lipinski definition) is 7. The molecule has 0 radical (unpaired) electrons. The van der Waals surface area contributed by atoms with Crippen LogP contribution in [0.25, 0.3) is 0 Å². The van der Waals surface area contributed by atoms with Crippen LogP contribution in [0.5, 0.6) is 0 Å². The topological polar surface area (TPSA) is 128 Å². The Morgan fingerprint density at radius 2 is 1.74 bits per heavy atom. The summed E-state index contributed by atoms with van der Waals surface area (Å²) in [5.74, 6) is 0. The minimum atomic E-state index is -4.98. The lowest BCUT2D eigenvalue weighted by atomic mass is 10.1. The highest BCUT2D eigenvalue weighted by Crippen LogP contribution is 2.41. The van der Waals surface area contributed by atoms with Gasteiger partial charge in [0.2, 0.25) is 0 Å². The van der Waals surface area contributed by atoms with E-state index in [1.54, 1.807) is 0 Å². The van der Waals surface area contributed by atoms with Gasteiger partial charge in [-0.1, -0.05) is 0 Å². The number of rotatable bonds is 7. The van der Waals surface area contributed by atoms with Gasteiger partial charge in [-0.25, -0.2) is 0 Å². The van der Waals surface area contributed by atoms with Crippen molar-refractivity contribution in [2.45, 2.75) is 12.3 Å². The third kappa shape index (κ3) is 4.75. The molecule has 12 heteroatoms. The van der Waals surface area contributed by atoms with Crippen LogP contribution in [0.4, 0.5) is 30.2 Å². The third-order valence-corrected chi connectivity index (χ3v) is 2.69. The second kappa shape index (κ2) is 7.19. The number of nitrogens with one attached hydrogen (secondary N) is 1. The second-order valence-corrected chi connectivity index (χ2v) is 4.39. The van der Waals surface area contributed by atoms with Crippen LogP contribution >= 0.6 is 0 Å². The Morgan fingerprint density at radius 3 is 2.09 bits per heavy atom. The Bertz CT molecular complexity index is 572. The van der Waals surface area contributed by atoms with Crippen LogP contribution in [0.15, 0.2) is 12.1 Å². The van der Waals surface area contributed by atoms with Gasteiger partial charge in [0.15, 0.2) is 5.69 Å². The number of halogens is 3. The van der Waals surface area contributed by atoms with Gasteiger partial charge in [0, 0.05) is 25.8 Å². The molecule has 0 aliphatic rings. The van der Waals surface area contributed by atoms with Gasteiger partial charge in [-0.15, -0.1) is 0 Å². The molecule has 0 aromatic heterocycles. The smallest absolute Gasteiger partial charge is 0.389 e. The highest BCUT2D eigenvalue weighted by Gasteiger charge is 2.37. The van der Waals surface area contributed by atoms with Crippen molar-refractivity contribution in [3.63, 3.8) is 0 Å². The normalized spacial score (nSPS) is 12.7. The Morgan fingerprint density at radius 1 is 1.26 bits per heavy atom. The number of benzene rings is 1. The van der Waals surface area contributed by atoms with Crippen molar-refractivity contribution < 1.29 is 32.9 Å². The van der Waals surface area contributed by atoms with Crippen LogP contribution in [-0.4, -0.2) is 41.3 Å². The molecule has 23 heavy (non-hydrogen) atoms. The Balaban J connectivity index is 3.35. The maximum absolute atomic E-state index is 12.7. The molecule has 0 heterocycles. The molecule has 0 spiro atoms. The van der Waals surface area contributed by atoms with E-state index in [0.717, 1.165) is 0 Å². The molecule has 0 aliphatic heterocycles. The fourth-order valence-corrected chi connectivity index (χ4v) is 1.72.